The summed E-state index contributed by atoms with van der Waals surface area (Å²) < 4.78 is 11.4. The number of carbonyl (C=O) groups excluding carboxylic acids is 2. The predicted molar refractivity (Wildman–Crippen MR) is 95.2 cm³/mol. The van der Waals surface area contributed by atoms with Crippen molar-refractivity contribution < 1.29 is 19.1 Å². The van der Waals surface area contributed by atoms with Crippen molar-refractivity contribution in [3.63, 3.8) is 0 Å². The van der Waals surface area contributed by atoms with Gasteiger partial charge in [-0.05, 0) is 40.0 Å². The first kappa shape index (κ1) is 17.4. The van der Waals surface area contributed by atoms with Gasteiger partial charge in [0, 0.05) is 0 Å². The Balaban J connectivity index is 1.81. The van der Waals surface area contributed by atoms with Gasteiger partial charge in [0.05, 0.1) is 0 Å². The van der Waals surface area contributed by atoms with Gasteiger partial charge in [0.1, 0.15) is 17.3 Å². The molecule has 0 radical (unpaired) electrons. The van der Waals surface area contributed by atoms with Crippen LogP contribution in [0.1, 0.15) is 18.9 Å². The van der Waals surface area contributed by atoms with Crippen molar-refractivity contribution in [3.8, 4) is 5.75 Å². The summed E-state index contributed by atoms with van der Waals surface area (Å²) >= 11 is 3.29. The number of pyridine rings is 1. The average Bonchev–Trinajstić information content (AvgIpc) is 2.63. The number of rotatable bonds is 5. The molecule has 0 saturated carbocycles. The molecule has 0 fully saturated rings. The lowest BCUT2D eigenvalue weighted by atomic mass is 10.1. The molecule has 1 aromatic carbocycles. The smallest absolute Gasteiger partial charge is 0.329 e. The number of benzene rings is 1. The molecular formula is C18H17BrN2O4. The fraction of sp³-hybridized carbons (Fsp3) is 0.278. The van der Waals surface area contributed by atoms with Gasteiger partial charge in [0.15, 0.2) is 18.2 Å². The molecule has 3 rings (SSSR count). The maximum atomic E-state index is 12.6. The topological polar surface area (TPSA) is 68.7 Å². The molecular weight excluding hydrogens is 388 g/mol. The zero-order valence-corrected chi connectivity index (χ0v) is 15.2. The second-order valence-corrected chi connectivity index (χ2v) is 6.34. The van der Waals surface area contributed by atoms with Gasteiger partial charge in [-0.2, -0.15) is 0 Å². The van der Waals surface area contributed by atoms with E-state index < -0.39 is 12.0 Å². The summed E-state index contributed by atoms with van der Waals surface area (Å²) in [6.07, 6.45) is 0.410. The minimum atomic E-state index is -0.749. The van der Waals surface area contributed by atoms with Gasteiger partial charge in [-0.15, -0.1) is 0 Å². The molecule has 1 amide bonds. The van der Waals surface area contributed by atoms with E-state index in [9.17, 15) is 9.59 Å². The zero-order chi connectivity index (χ0) is 17.8. The normalized spacial score (nSPS) is 14.5. The van der Waals surface area contributed by atoms with Crippen LogP contribution >= 0.6 is 15.9 Å². The highest BCUT2D eigenvalue weighted by atomic mass is 79.9. The third-order valence-corrected chi connectivity index (χ3v) is 4.29. The number of hydrogen-bond donors (Lipinski definition) is 0. The maximum absolute atomic E-state index is 12.6. The van der Waals surface area contributed by atoms with E-state index in [1.165, 1.54) is 4.90 Å². The summed E-state index contributed by atoms with van der Waals surface area (Å²) in [4.78, 5) is 30.7. The van der Waals surface area contributed by atoms with Crippen molar-refractivity contribution in [1.82, 2.24) is 4.98 Å². The van der Waals surface area contributed by atoms with Crippen molar-refractivity contribution in [1.29, 1.82) is 0 Å². The standard InChI is InChI=1S/C18H17BrN2O4/c1-2-13(18(23)25-10-12-6-4-3-5-7-12)21-16(22)11-24-14-8-9-15(19)20-17(14)21/h3-9,13H,2,10-11H2,1H3. The molecule has 2 heterocycles. The maximum Gasteiger partial charge on any atom is 0.329 e. The summed E-state index contributed by atoms with van der Waals surface area (Å²) in [5.41, 5.74) is 0.889. The molecule has 25 heavy (non-hydrogen) atoms. The van der Waals surface area contributed by atoms with Gasteiger partial charge in [0.2, 0.25) is 0 Å². The van der Waals surface area contributed by atoms with Crippen LogP contribution in [0.5, 0.6) is 5.75 Å². The van der Waals surface area contributed by atoms with Gasteiger partial charge in [-0.1, -0.05) is 37.3 Å². The number of fused-ring (bicyclic) bond motifs is 1. The highest BCUT2D eigenvalue weighted by molar-refractivity contribution is 9.10. The van der Waals surface area contributed by atoms with Crippen LogP contribution in [-0.4, -0.2) is 29.5 Å². The summed E-state index contributed by atoms with van der Waals surface area (Å²) in [5.74, 6) is 0.0159. The Hall–Kier alpha value is -2.41. The van der Waals surface area contributed by atoms with E-state index >= 15 is 0 Å². The number of nitrogens with zero attached hydrogens (tertiary/aromatic N) is 2. The Morgan fingerprint density at radius 2 is 2.08 bits per heavy atom. The van der Waals surface area contributed by atoms with E-state index in [0.717, 1.165) is 5.56 Å². The van der Waals surface area contributed by atoms with Crippen molar-refractivity contribution in [3.05, 3.63) is 52.6 Å². The van der Waals surface area contributed by atoms with E-state index in [-0.39, 0.29) is 19.1 Å². The molecule has 2 aromatic rings. The number of anilines is 1. The van der Waals surface area contributed by atoms with E-state index in [4.69, 9.17) is 9.47 Å². The molecule has 1 aliphatic heterocycles. The first-order valence-electron chi connectivity index (χ1n) is 7.92. The molecule has 0 aliphatic carbocycles. The average molecular weight is 405 g/mol. The lowest BCUT2D eigenvalue weighted by Gasteiger charge is -2.33. The third-order valence-electron chi connectivity index (χ3n) is 3.85. The minimum Gasteiger partial charge on any atom is -0.480 e. The van der Waals surface area contributed by atoms with Crippen LogP contribution in [0.2, 0.25) is 0 Å². The Morgan fingerprint density at radius 3 is 2.80 bits per heavy atom. The third kappa shape index (κ3) is 3.82. The molecule has 130 valence electrons. The van der Waals surface area contributed by atoms with Crippen LogP contribution in [0.15, 0.2) is 47.1 Å². The monoisotopic (exact) mass is 404 g/mol. The first-order valence-corrected chi connectivity index (χ1v) is 8.71. The molecule has 1 aromatic heterocycles. The molecule has 1 unspecified atom stereocenters. The molecule has 7 heteroatoms. The van der Waals surface area contributed by atoms with Gasteiger partial charge in [0.25, 0.3) is 5.91 Å². The largest absolute Gasteiger partial charge is 0.480 e. The number of aromatic nitrogens is 1. The van der Waals surface area contributed by atoms with Crippen LogP contribution in [0.25, 0.3) is 0 Å². The molecule has 0 spiro atoms. The Labute approximate surface area is 153 Å². The van der Waals surface area contributed by atoms with Crippen LogP contribution in [0, 0.1) is 0 Å². The SMILES string of the molecule is CCC(C(=O)OCc1ccccc1)N1C(=O)COc2ccc(Br)nc21. The highest BCUT2D eigenvalue weighted by Gasteiger charge is 2.37. The molecule has 6 nitrogen and oxygen atoms in total. The number of ether oxygens (including phenoxy) is 2. The number of carbonyl (C=O) groups is 2. The summed E-state index contributed by atoms with van der Waals surface area (Å²) in [6.45, 7) is 1.86. The molecule has 1 atom stereocenters. The zero-order valence-electron chi connectivity index (χ0n) is 13.6. The molecule has 0 bridgehead atoms. The van der Waals surface area contributed by atoms with Crippen LogP contribution in [0.4, 0.5) is 5.82 Å². The number of halogens is 1. The van der Waals surface area contributed by atoms with Gasteiger partial charge < -0.3 is 9.47 Å². The van der Waals surface area contributed by atoms with Gasteiger partial charge >= 0.3 is 5.97 Å². The lowest BCUT2D eigenvalue weighted by Crippen LogP contribution is -2.50. The van der Waals surface area contributed by atoms with Crippen molar-refractivity contribution in [2.75, 3.05) is 11.5 Å². The van der Waals surface area contributed by atoms with E-state index in [0.29, 0.717) is 22.6 Å². The van der Waals surface area contributed by atoms with Crippen molar-refractivity contribution in [2.45, 2.75) is 26.0 Å². The summed E-state index contributed by atoms with van der Waals surface area (Å²) in [7, 11) is 0. The molecule has 0 saturated heterocycles. The van der Waals surface area contributed by atoms with Crippen LogP contribution in [0.3, 0.4) is 0 Å². The Bertz CT molecular complexity index is 782. The van der Waals surface area contributed by atoms with Gasteiger partial charge in [-0.25, -0.2) is 9.78 Å². The number of hydrogen-bond acceptors (Lipinski definition) is 5. The Morgan fingerprint density at radius 1 is 1.32 bits per heavy atom. The second-order valence-electron chi connectivity index (χ2n) is 5.53. The Kier molecular flexibility index (Phi) is 5.33. The van der Waals surface area contributed by atoms with E-state index in [1.54, 1.807) is 12.1 Å². The first-order chi connectivity index (χ1) is 12.1. The predicted octanol–water partition coefficient (Wildman–Crippen LogP) is 3.09. The highest BCUT2D eigenvalue weighted by Crippen LogP contribution is 2.33. The molecule has 1 aliphatic rings. The van der Waals surface area contributed by atoms with Crippen molar-refractivity contribution >= 4 is 33.6 Å². The number of amides is 1. The quantitative estimate of drug-likeness (QED) is 0.565. The summed E-state index contributed by atoms with van der Waals surface area (Å²) in [5, 5.41) is 0. The van der Waals surface area contributed by atoms with Gasteiger partial charge in [-0.3, -0.25) is 9.69 Å². The van der Waals surface area contributed by atoms with Crippen molar-refractivity contribution in [2.24, 2.45) is 0 Å². The summed E-state index contributed by atoms with van der Waals surface area (Å²) in [6, 6.07) is 12.1. The van der Waals surface area contributed by atoms with E-state index in [1.807, 2.05) is 37.3 Å². The number of esters is 1. The minimum absolute atomic E-state index is 0.126. The van der Waals surface area contributed by atoms with Crippen LogP contribution in [-0.2, 0) is 20.9 Å². The second kappa shape index (κ2) is 7.65. The van der Waals surface area contributed by atoms with Crippen LogP contribution < -0.4 is 9.64 Å². The fourth-order valence-corrected chi connectivity index (χ4v) is 2.93. The fourth-order valence-electron chi connectivity index (χ4n) is 2.63. The lowest BCUT2D eigenvalue weighted by molar-refractivity contribution is -0.148. The molecule has 0 N–H and O–H groups in total. The van der Waals surface area contributed by atoms with E-state index in [2.05, 4.69) is 20.9 Å².